The van der Waals surface area contributed by atoms with Gasteiger partial charge in [0.15, 0.2) is 0 Å². The Kier molecular flexibility index (Phi) is 11.1. The molecule has 0 aromatic heterocycles. The highest BCUT2D eigenvalue weighted by atomic mass is 16.5. The molecule has 1 saturated heterocycles. The van der Waals surface area contributed by atoms with Crippen LogP contribution in [-0.4, -0.2) is 48.1 Å². The SMILES string of the molecule is O=C(CCCCCCCCCCNC(=O)O)CC(=O)NC1CCOC1=O. The van der Waals surface area contributed by atoms with Gasteiger partial charge in [0.2, 0.25) is 5.91 Å². The molecular weight excluding hydrogens is 340 g/mol. The number of esters is 1. The first-order valence-electron chi connectivity index (χ1n) is 9.43. The first-order valence-corrected chi connectivity index (χ1v) is 9.43. The topological polar surface area (TPSA) is 122 Å². The number of amides is 2. The quantitative estimate of drug-likeness (QED) is 0.245. The van der Waals surface area contributed by atoms with Crippen molar-refractivity contribution in [2.75, 3.05) is 13.2 Å². The van der Waals surface area contributed by atoms with E-state index in [0.29, 0.717) is 26.0 Å². The third kappa shape index (κ3) is 10.7. The van der Waals surface area contributed by atoms with Crippen molar-refractivity contribution in [3.05, 3.63) is 0 Å². The number of hydrogen-bond acceptors (Lipinski definition) is 5. The van der Waals surface area contributed by atoms with E-state index in [2.05, 4.69) is 10.6 Å². The summed E-state index contributed by atoms with van der Waals surface area (Å²) in [5.74, 6) is -0.931. The number of carbonyl (C=O) groups excluding carboxylic acids is 3. The number of nitrogens with one attached hydrogen (secondary N) is 2. The van der Waals surface area contributed by atoms with Gasteiger partial charge in [-0.05, 0) is 12.8 Å². The van der Waals surface area contributed by atoms with E-state index >= 15 is 0 Å². The van der Waals surface area contributed by atoms with Crippen molar-refractivity contribution in [3.8, 4) is 0 Å². The smallest absolute Gasteiger partial charge is 0.404 e. The van der Waals surface area contributed by atoms with Crippen LogP contribution in [0.3, 0.4) is 0 Å². The first-order chi connectivity index (χ1) is 12.5. The summed E-state index contributed by atoms with van der Waals surface area (Å²) < 4.78 is 4.75. The zero-order valence-corrected chi connectivity index (χ0v) is 15.3. The van der Waals surface area contributed by atoms with Crippen LogP contribution in [-0.2, 0) is 19.1 Å². The maximum atomic E-state index is 11.8. The molecule has 0 saturated carbocycles. The third-order valence-electron chi connectivity index (χ3n) is 4.29. The van der Waals surface area contributed by atoms with E-state index in [1.165, 1.54) is 0 Å². The van der Waals surface area contributed by atoms with E-state index in [9.17, 15) is 19.2 Å². The number of unbranched alkanes of at least 4 members (excludes halogenated alkanes) is 7. The molecule has 1 atom stereocenters. The standard InChI is InChI=1S/C18H30N2O6/c21-14(13-16(22)20-15-10-12-26-17(15)23)9-7-5-3-1-2-4-6-8-11-19-18(24)25/h15,19H,1-13H2,(H,20,22)(H,24,25). The molecule has 8 heteroatoms. The molecule has 1 rings (SSSR count). The average Bonchev–Trinajstić information content (AvgIpc) is 2.97. The van der Waals surface area contributed by atoms with Crippen LogP contribution in [0.5, 0.6) is 0 Å². The Morgan fingerprint density at radius 1 is 1.00 bits per heavy atom. The van der Waals surface area contributed by atoms with Gasteiger partial charge in [0, 0.05) is 19.4 Å². The van der Waals surface area contributed by atoms with E-state index in [1.807, 2.05) is 0 Å². The van der Waals surface area contributed by atoms with Crippen LogP contribution in [0.2, 0.25) is 0 Å². The molecular formula is C18H30N2O6. The number of ether oxygens (including phenoxy) is 1. The second-order valence-corrected chi connectivity index (χ2v) is 6.60. The molecule has 1 aliphatic rings. The molecule has 1 fully saturated rings. The molecule has 0 bridgehead atoms. The van der Waals surface area contributed by atoms with Crippen LogP contribution in [0.25, 0.3) is 0 Å². The highest BCUT2D eigenvalue weighted by Gasteiger charge is 2.28. The Morgan fingerprint density at radius 2 is 1.62 bits per heavy atom. The summed E-state index contributed by atoms with van der Waals surface area (Å²) in [7, 11) is 0. The van der Waals surface area contributed by atoms with Gasteiger partial charge in [-0.15, -0.1) is 0 Å². The lowest BCUT2D eigenvalue weighted by atomic mass is 10.0. The second-order valence-electron chi connectivity index (χ2n) is 6.60. The van der Waals surface area contributed by atoms with Gasteiger partial charge in [0.25, 0.3) is 0 Å². The molecule has 8 nitrogen and oxygen atoms in total. The molecule has 26 heavy (non-hydrogen) atoms. The Bertz CT molecular complexity index is 480. The van der Waals surface area contributed by atoms with Crippen molar-refractivity contribution in [2.24, 2.45) is 0 Å². The molecule has 0 aromatic carbocycles. The molecule has 1 unspecified atom stereocenters. The zero-order valence-electron chi connectivity index (χ0n) is 15.3. The van der Waals surface area contributed by atoms with Gasteiger partial charge in [-0.3, -0.25) is 9.59 Å². The summed E-state index contributed by atoms with van der Waals surface area (Å²) >= 11 is 0. The van der Waals surface area contributed by atoms with E-state index in [4.69, 9.17) is 9.84 Å². The van der Waals surface area contributed by atoms with Gasteiger partial charge in [-0.1, -0.05) is 38.5 Å². The average molecular weight is 370 g/mol. The summed E-state index contributed by atoms with van der Waals surface area (Å²) in [6.07, 6.45) is 7.69. The minimum Gasteiger partial charge on any atom is -0.465 e. The molecule has 1 heterocycles. The van der Waals surface area contributed by atoms with Gasteiger partial charge in [-0.25, -0.2) is 9.59 Å². The van der Waals surface area contributed by atoms with Crippen molar-refractivity contribution in [3.63, 3.8) is 0 Å². The van der Waals surface area contributed by atoms with Gasteiger partial charge in [0.05, 0.1) is 13.0 Å². The number of hydrogen-bond donors (Lipinski definition) is 3. The molecule has 2 amide bonds. The highest BCUT2D eigenvalue weighted by Crippen LogP contribution is 2.11. The maximum Gasteiger partial charge on any atom is 0.404 e. The highest BCUT2D eigenvalue weighted by molar-refractivity contribution is 5.99. The summed E-state index contributed by atoms with van der Waals surface area (Å²) in [4.78, 5) is 45.0. The van der Waals surface area contributed by atoms with Crippen molar-refractivity contribution < 1.29 is 29.0 Å². The fourth-order valence-corrected chi connectivity index (χ4v) is 2.84. The fourth-order valence-electron chi connectivity index (χ4n) is 2.84. The van der Waals surface area contributed by atoms with Gasteiger partial charge < -0.3 is 20.5 Å². The molecule has 0 spiro atoms. The molecule has 0 aliphatic carbocycles. The van der Waals surface area contributed by atoms with Crippen LogP contribution in [0.4, 0.5) is 4.79 Å². The monoisotopic (exact) mass is 370 g/mol. The van der Waals surface area contributed by atoms with Gasteiger partial charge >= 0.3 is 12.1 Å². The minimum atomic E-state index is -0.974. The lowest BCUT2D eigenvalue weighted by molar-refractivity contribution is -0.142. The van der Waals surface area contributed by atoms with Crippen LogP contribution in [0.1, 0.15) is 70.6 Å². The lowest BCUT2D eigenvalue weighted by Gasteiger charge is -2.08. The number of cyclic esters (lactones) is 1. The van der Waals surface area contributed by atoms with Crippen molar-refractivity contribution in [2.45, 2.75) is 76.7 Å². The zero-order chi connectivity index (χ0) is 19.2. The summed E-state index contributed by atoms with van der Waals surface area (Å²) in [5.41, 5.74) is 0. The van der Waals surface area contributed by atoms with E-state index < -0.39 is 24.0 Å². The largest absolute Gasteiger partial charge is 0.465 e. The second kappa shape index (κ2) is 13.1. The summed E-state index contributed by atoms with van der Waals surface area (Å²) in [6.45, 7) is 0.823. The predicted octanol–water partition coefficient (Wildman–Crippen LogP) is 2.16. The molecule has 0 aromatic rings. The maximum absolute atomic E-state index is 11.8. The number of carbonyl (C=O) groups is 4. The van der Waals surface area contributed by atoms with Crippen molar-refractivity contribution >= 4 is 23.8 Å². The lowest BCUT2D eigenvalue weighted by Crippen LogP contribution is -2.38. The van der Waals surface area contributed by atoms with Gasteiger partial charge in [0.1, 0.15) is 11.8 Å². The van der Waals surface area contributed by atoms with Gasteiger partial charge in [-0.2, -0.15) is 0 Å². The fraction of sp³-hybridized carbons (Fsp3) is 0.778. The van der Waals surface area contributed by atoms with E-state index in [-0.39, 0.29) is 12.2 Å². The molecule has 0 radical (unpaired) electrons. The van der Waals surface area contributed by atoms with Crippen LogP contribution in [0.15, 0.2) is 0 Å². The van der Waals surface area contributed by atoms with Crippen LogP contribution in [0, 0.1) is 0 Å². The Labute approximate surface area is 154 Å². The number of rotatable bonds is 14. The number of Topliss-reactive ketones (excluding diaryl/α,β-unsaturated/α-hetero) is 1. The Morgan fingerprint density at radius 3 is 2.19 bits per heavy atom. The third-order valence-corrected chi connectivity index (χ3v) is 4.29. The van der Waals surface area contributed by atoms with Crippen molar-refractivity contribution in [1.29, 1.82) is 0 Å². The van der Waals surface area contributed by atoms with Crippen LogP contribution < -0.4 is 10.6 Å². The van der Waals surface area contributed by atoms with E-state index in [0.717, 1.165) is 51.4 Å². The van der Waals surface area contributed by atoms with Crippen molar-refractivity contribution in [1.82, 2.24) is 10.6 Å². The molecule has 3 N–H and O–H groups in total. The van der Waals surface area contributed by atoms with Crippen LogP contribution >= 0.6 is 0 Å². The number of carboxylic acid groups (broad SMARTS) is 1. The molecule has 1 aliphatic heterocycles. The summed E-state index contributed by atoms with van der Waals surface area (Å²) in [6, 6.07) is -0.602. The normalized spacial score (nSPS) is 16.2. The summed E-state index contributed by atoms with van der Waals surface area (Å²) in [5, 5.41) is 13.3. The minimum absolute atomic E-state index is 0.0974. The predicted molar refractivity (Wildman–Crippen MR) is 94.7 cm³/mol. The van der Waals surface area contributed by atoms with E-state index in [1.54, 1.807) is 0 Å². The number of ketones is 1. The first kappa shape index (κ1) is 21.9. The Balaban J connectivity index is 1.89. The molecule has 148 valence electrons. The Hall–Kier alpha value is -2.12.